The molecule has 0 spiro atoms. The molecule has 0 saturated carbocycles. The second kappa shape index (κ2) is 3.50. The van der Waals surface area contributed by atoms with Gasteiger partial charge in [-0.3, -0.25) is 4.79 Å². The lowest BCUT2D eigenvalue weighted by Gasteiger charge is -2.07. The van der Waals surface area contributed by atoms with Crippen molar-refractivity contribution < 1.29 is 13.9 Å². The Balaban J connectivity index is 2.53. The molecule has 0 heterocycles. The van der Waals surface area contributed by atoms with E-state index in [1.807, 2.05) is 0 Å². The molecule has 3 heteroatoms. The highest BCUT2D eigenvalue weighted by atomic mass is 19.1. The van der Waals surface area contributed by atoms with Crippen LogP contribution < -0.4 is 0 Å². The van der Waals surface area contributed by atoms with E-state index >= 15 is 0 Å². The Morgan fingerprint density at radius 3 is 2.93 bits per heavy atom. The summed E-state index contributed by atoms with van der Waals surface area (Å²) < 4.78 is 18.3. The first-order chi connectivity index (χ1) is 6.74. The Morgan fingerprint density at radius 1 is 1.43 bits per heavy atom. The molecule has 14 heavy (non-hydrogen) atoms. The molecule has 0 N–H and O–H groups in total. The van der Waals surface area contributed by atoms with E-state index in [-0.39, 0.29) is 18.2 Å². The highest BCUT2D eigenvalue weighted by Gasteiger charge is 2.23. The van der Waals surface area contributed by atoms with Crippen LogP contribution in [-0.4, -0.2) is 12.9 Å². The van der Waals surface area contributed by atoms with Gasteiger partial charge in [0.15, 0.2) is 5.78 Å². The monoisotopic (exact) mass is 194 g/mol. The molecule has 74 valence electrons. The van der Waals surface area contributed by atoms with Crippen LogP contribution >= 0.6 is 0 Å². The summed E-state index contributed by atoms with van der Waals surface area (Å²) in [6.45, 7) is 0.238. The van der Waals surface area contributed by atoms with Crippen LogP contribution in [0.4, 0.5) is 4.39 Å². The number of Topliss-reactive ketones (excluding diaryl/α,β-unsaturated/α-hetero) is 1. The fourth-order valence-electron chi connectivity index (χ4n) is 1.88. The molecule has 0 aliphatic heterocycles. The predicted octanol–water partition coefficient (Wildman–Crippen LogP) is 2.10. The van der Waals surface area contributed by atoms with Gasteiger partial charge in [-0.25, -0.2) is 4.39 Å². The normalized spacial score (nSPS) is 14.6. The fourth-order valence-corrected chi connectivity index (χ4v) is 1.88. The van der Waals surface area contributed by atoms with Gasteiger partial charge in [-0.15, -0.1) is 0 Å². The van der Waals surface area contributed by atoms with Crippen LogP contribution in [-0.2, 0) is 17.8 Å². The highest BCUT2D eigenvalue weighted by Crippen LogP contribution is 2.27. The summed E-state index contributed by atoms with van der Waals surface area (Å²) in [6.07, 6.45) is 1.14. The van der Waals surface area contributed by atoms with Crippen LogP contribution in [0.1, 0.15) is 27.9 Å². The second-order valence-electron chi connectivity index (χ2n) is 3.41. The van der Waals surface area contributed by atoms with E-state index in [1.165, 1.54) is 13.2 Å². The number of methoxy groups -OCH3 is 1. The molecule has 0 saturated heterocycles. The molecule has 2 nitrogen and oxygen atoms in total. The average molecular weight is 194 g/mol. The van der Waals surface area contributed by atoms with Crippen LogP contribution in [0, 0.1) is 5.82 Å². The third-order valence-corrected chi connectivity index (χ3v) is 2.57. The number of ketones is 1. The van der Waals surface area contributed by atoms with Crippen LogP contribution in [0.2, 0.25) is 0 Å². The van der Waals surface area contributed by atoms with Gasteiger partial charge in [0.1, 0.15) is 5.82 Å². The predicted molar refractivity (Wildman–Crippen MR) is 49.8 cm³/mol. The van der Waals surface area contributed by atoms with Gasteiger partial charge in [0.25, 0.3) is 0 Å². The van der Waals surface area contributed by atoms with Gasteiger partial charge in [0.05, 0.1) is 6.61 Å². The average Bonchev–Trinajstić information content (AvgIpc) is 2.53. The summed E-state index contributed by atoms with van der Waals surface area (Å²) in [6, 6.07) is 2.91. The minimum Gasteiger partial charge on any atom is -0.380 e. The van der Waals surface area contributed by atoms with Crippen LogP contribution in [0.5, 0.6) is 0 Å². The molecule has 2 rings (SSSR count). The first kappa shape index (κ1) is 9.34. The molecule has 0 fully saturated rings. The lowest BCUT2D eigenvalue weighted by Crippen LogP contribution is -2.00. The standard InChI is InChI=1S/C11H11FO2/c1-14-6-9-7-3-5-11(13)8(7)2-4-10(9)12/h2,4H,3,5-6H2,1H3. The summed E-state index contributed by atoms with van der Waals surface area (Å²) >= 11 is 0. The number of carbonyl (C=O) groups is 1. The third-order valence-electron chi connectivity index (χ3n) is 2.57. The number of fused-ring (bicyclic) bond motifs is 1. The van der Waals surface area contributed by atoms with E-state index in [0.29, 0.717) is 24.0 Å². The van der Waals surface area contributed by atoms with Crippen molar-refractivity contribution >= 4 is 5.78 Å². The summed E-state index contributed by atoms with van der Waals surface area (Å²) in [7, 11) is 1.52. The zero-order chi connectivity index (χ0) is 10.1. The highest BCUT2D eigenvalue weighted by molar-refractivity contribution is 6.00. The second-order valence-corrected chi connectivity index (χ2v) is 3.41. The Bertz CT molecular complexity index is 385. The van der Waals surface area contributed by atoms with Crippen LogP contribution in [0.25, 0.3) is 0 Å². The first-order valence-corrected chi connectivity index (χ1v) is 4.56. The number of carbonyl (C=O) groups excluding carboxylic acids is 1. The van der Waals surface area contributed by atoms with E-state index in [4.69, 9.17) is 4.74 Å². The maximum Gasteiger partial charge on any atom is 0.163 e. The number of rotatable bonds is 2. The van der Waals surface area contributed by atoms with E-state index in [9.17, 15) is 9.18 Å². The maximum absolute atomic E-state index is 13.4. The minimum atomic E-state index is -0.277. The zero-order valence-electron chi connectivity index (χ0n) is 7.97. The Morgan fingerprint density at radius 2 is 2.21 bits per heavy atom. The number of hydrogen-bond donors (Lipinski definition) is 0. The molecular weight excluding hydrogens is 183 g/mol. The SMILES string of the molecule is COCc1c(F)ccc2c1CCC2=O. The van der Waals surface area contributed by atoms with Crippen molar-refractivity contribution in [1.29, 1.82) is 0 Å². The smallest absolute Gasteiger partial charge is 0.163 e. The van der Waals surface area contributed by atoms with Gasteiger partial charge >= 0.3 is 0 Å². The Hall–Kier alpha value is -1.22. The van der Waals surface area contributed by atoms with Gasteiger partial charge in [-0.2, -0.15) is 0 Å². The number of ether oxygens (including phenoxy) is 1. The summed E-state index contributed by atoms with van der Waals surface area (Å²) in [5.74, 6) is -0.169. The van der Waals surface area contributed by atoms with Crippen LogP contribution in [0.3, 0.4) is 0 Å². The van der Waals surface area contributed by atoms with Crippen molar-refractivity contribution in [2.24, 2.45) is 0 Å². The summed E-state index contributed by atoms with van der Waals surface area (Å²) in [5, 5.41) is 0. The number of halogens is 1. The Kier molecular flexibility index (Phi) is 2.33. The molecule has 0 unspecified atom stereocenters. The molecule has 0 atom stereocenters. The van der Waals surface area contributed by atoms with Crippen molar-refractivity contribution in [3.63, 3.8) is 0 Å². The summed E-state index contributed by atoms with van der Waals surface area (Å²) in [5.41, 5.74) is 2.03. The number of hydrogen-bond acceptors (Lipinski definition) is 2. The molecule has 0 radical (unpaired) electrons. The van der Waals surface area contributed by atoms with E-state index in [2.05, 4.69) is 0 Å². The molecule has 1 aromatic carbocycles. The Labute approximate surface area is 81.7 Å². The quantitative estimate of drug-likeness (QED) is 0.720. The lowest BCUT2D eigenvalue weighted by atomic mass is 10.0. The van der Waals surface area contributed by atoms with Gasteiger partial charge in [-0.1, -0.05) is 0 Å². The van der Waals surface area contributed by atoms with Crippen molar-refractivity contribution in [2.45, 2.75) is 19.4 Å². The molecule has 1 aliphatic rings. The topological polar surface area (TPSA) is 26.3 Å². The molecule has 0 aromatic heterocycles. The van der Waals surface area contributed by atoms with Crippen molar-refractivity contribution in [2.75, 3.05) is 7.11 Å². The first-order valence-electron chi connectivity index (χ1n) is 4.56. The van der Waals surface area contributed by atoms with Crippen molar-refractivity contribution in [1.82, 2.24) is 0 Å². The lowest BCUT2D eigenvalue weighted by molar-refractivity contribution is 0.0994. The third kappa shape index (κ3) is 1.34. The molecular formula is C11H11FO2. The van der Waals surface area contributed by atoms with E-state index < -0.39 is 0 Å². The van der Waals surface area contributed by atoms with Crippen molar-refractivity contribution in [3.05, 3.63) is 34.6 Å². The maximum atomic E-state index is 13.4. The number of benzene rings is 1. The van der Waals surface area contributed by atoms with Crippen LogP contribution in [0.15, 0.2) is 12.1 Å². The summed E-state index contributed by atoms with van der Waals surface area (Å²) in [4.78, 5) is 11.4. The van der Waals surface area contributed by atoms with E-state index in [0.717, 1.165) is 5.56 Å². The van der Waals surface area contributed by atoms with Gasteiger partial charge < -0.3 is 4.74 Å². The molecule has 1 aliphatic carbocycles. The van der Waals surface area contributed by atoms with Gasteiger partial charge in [-0.05, 0) is 24.1 Å². The molecule has 0 bridgehead atoms. The molecule has 0 amide bonds. The van der Waals surface area contributed by atoms with Gasteiger partial charge in [0.2, 0.25) is 0 Å². The van der Waals surface area contributed by atoms with Gasteiger partial charge in [0, 0.05) is 24.7 Å². The van der Waals surface area contributed by atoms with Crippen molar-refractivity contribution in [3.8, 4) is 0 Å². The van der Waals surface area contributed by atoms with E-state index in [1.54, 1.807) is 6.07 Å². The molecule has 1 aromatic rings. The minimum absolute atomic E-state index is 0.109. The zero-order valence-corrected chi connectivity index (χ0v) is 7.97. The largest absolute Gasteiger partial charge is 0.380 e. The fraction of sp³-hybridized carbons (Fsp3) is 0.364.